The molecule has 1 amide bonds. The number of furan rings is 1. The number of hydrogen-bond donors (Lipinski definition) is 1. The van der Waals surface area contributed by atoms with Gasteiger partial charge in [0.15, 0.2) is 10.4 Å². The number of hydrogen-bond acceptors (Lipinski definition) is 4. The van der Waals surface area contributed by atoms with Gasteiger partial charge in [-0.3, -0.25) is 4.79 Å². The lowest BCUT2D eigenvalue weighted by molar-refractivity contribution is 0.0921. The molecule has 0 radical (unpaired) electrons. The zero-order valence-corrected chi connectivity index (χ0v) is 13.2. The van der Waals surface area contributed by atoms with Gasteiger partial charge in [-0.1, -0.05) is 20.8 Å². The Morgan fingerprint density at radius 1 is 1.40 bits per heavy atom. The van der Waals surface area contributed by atoms with E-state index in [-0.39, 0.29) is 17.1 Å². The zero-order chi connectivity index (χ0) is 14.8. The van der Waals surface area contributed by atoms with Crippen molar-refractivity contribution in [3.8, 4) is 0 Å². The first kappa shape index (κ1) is 14.7. The van der Waals surface area contributed by atoms with Crippen molar-refractivity contribution in [1.29, 1.82) is 0 Å². The van der Waals surface area contributed by atoms with E-state index in [4.69, 9.17) is 4.42 Å². The van der Waals surface area contributed by atoms with E-state index in [1.807, 2.05) is 0 Å². The first-order chi connectivity index (χ1) is 9.38. The molecule has 0 aliphatic heterocycles. The highest BCUT2D eigenvalue weighted by atomic mass is 79.9. The largest absolute Gasteiger partial charge is 0.444 e. The third-order valence-electron chi connectivity index (χ3n) is 2.73. The van der Waals surface area contributed by atoms with Crippen LogP contribution in [0.1, 0.15) is 42.6 Å². The van der Waals surface area contributed by atoms with Gasteiger partial charge in [0.1, 0.15) is 6.33 Å². The van der Waals surface area contributed by atoms with Crippen molar-refractivity contribution in [1.82, 2.24) is 15.3 Å². The third-order valence-corrected chi connectivity index (χ3v) is 3.16. The highest BCUT2D eigenvalue weighted by Gasteiger charge is 2.20. The Kier molecular flexibility index (Phi) is 4.23. The van der Waals surface area contributed by atoms with E-state index in [1.54, 1.807) is 18.3 Å². The van der Waals surface area contributed by atoms with Crippen molar-refractivity contribution in [2.75, 3.05) is 0 Å². The van der Waals surface area contributed by atoms with Gasteiger partial charge in [-0.2, -0.15) is 0 Å². The Morgan fingerprint density at radius 2 is 2.15 bits per heavy atom. The number of aromatic nitrogens is 2. The van der Waals surface area contributed by atoms with Crippen LogP contribution < -0.4 is 5.32 Å². The van der Waals surface area contributed by atoms with E-state index in [0.717, 1.165) is 11.3 Å². The molecule has 2 aromatic rings. The molecule has 6 heteroatoms. The van der Waals surface area contributed by atoms with Gasteiger partial charge in [-0.15, -0.1) is 0 Å². The van der Waals surface area contributed by atoms with E-state index in [9.17, 15) is 4.79 Å². The molecule has 0 atom stereocenters. The second kappa shape index (κ2) is 5.75. The summed E-state index contributed by atoms with van der Waals surface area (Å²) < 4.78 is 5.73. The molecule has 0 saturated carbocycles. The summed E-state index contributed by atoms with van der Waals surface area (Å²) in [7, 11) is 0. The summed E-state index contributed by atoms with van der Waals surface area (Å²) in [6.45, 7) is 6.59. The van der Waals surface area contributed by atoms with E-state index in [1.165, 1.54) is 6.33 Å². The molecular weight excluding hydrogens is 322 g/mol. The van der Waals surface area contributed by atoms with Crippen molar-refractivity contribution < 1.29 is 9.21 Å². The van der Waals surface area contributed by atoms with Crippen LogP contribution >= 0.6 is 15.9 Å². The molecular formula is C14H16BrN3O2. The van der Waals surface area contributed by atoms with Crippen LogP contribution in [0.5, 0.6) is 0 Å². The van der Waals surface area contributed by atoms with Crippen LogP contribution in [-0.2, 0) is 12.0 Å². The highest BCUT2D eigenvalue weighted by Crippen LogP contribution is 2.22. The van der Waals surface area contributed by atoms with Gasteiger partial charge in [0.2, 0.25) is 0 Å². The Hall–Kier alpha value is -1.69. The number of nitrogens with one attached hydrogen (secondary N) is 1. The predicted molar refractivity (Wildman–Crippen MR) is 78.3 cm³/mol. The van der Waals surface area contributed by atoms with Crippen LogP contribution in [0.4, 0.5) is 0 Å². The average molecular weight is 338 g/mol. The number of halogens is 1. The van der Waals surface area contributed by atoms with Crippen molar-refractivity contribution >= 4 is 21.8 Å². The van der Waals surface area contributed by atoms with Crippen LogP contribution in [0.15, 0.2) is 33.7 Å². The molecule has 20 heavy (non-hydrogen) atoms. The lowest BCUT2D eigenvalue weighted by Crippen LogP contribution is -2.25. The van der Waals surface area contributed by atoms with E-state index in [2.05, 4.69) is 52.0 Å². The van der Waals surface area contributed by atoms with Gasteiger partial charge in [0.25, 0.3) is 5.91 Å². The quantitative estimate of drug-likeness (QED) is 0.934. The summed E-state index contributed by atoms with van der Waals surface area (Å²) in [5.74, 6) is 0.00504. The van der Waals surface area contributed by atoms with Crippen molar-refractivity contribution in [2.24, 2.45) is 0 Å². The first-order valence-corrected chi connectivity index (χ1v) is 7.00. The summed E-state index contributed by atoms with van der Waals surface area (Å²) in [5, 5.41) is 2.81. The van der Waals surface area contributed by atoms with E-state index < -0.39 is 0 Å². The van der Waals surface area contributed by atoms with Crippen molar-refractivity contribution in [3.63, 3.8) is 0 Å². The summed E-state index contributed by atoms with van der Waals surface area (Å²) in [6.07, 6.45) is 3.25. The molecule has 2 rings (SSSR count). The molecule has 0 saturated heterocycles. The normalized spacial score (nSPS) is 11.4. The van der Waals surface area contributed by atoms with Crippen LogP contribution in [0.25, 0.3) is 0 Å². The average Bonchev–Trinajstić information content (AvgIpc) is 2.82. The van der Waals surface area contributed by atoms with E-state index in [0.29, 0.717) is 11.2 Å². The summed E-state index contributed by atoms with van der Waals surface area (Å²) in [4.78, 5) is 20.3. The molecule has 0 unspecified atom stereocenters. The molecule has 2 heterocycles. The molecule has 0 aromatic carbocycles. The Labute approximate surface area is 125 Å². The third kappa shape index (κ3) is 3.45. The monoisotopic (exact) mass is 337 g/mol. The van der Waals surface area contributed by atoms with Gasteiger partial charge >= 0.3 is 0 Å². The van der Waals surface area contributed by atoms with Gasteiger partial charge < -0.3 is 9.73 Å². The molecule has 106 valence electrons. The maximum Gasteiger partial charge on any atom is 0.287 e. The molecule has 0 aliphatic rings. The lowest BCUT2D eigenvalue weighted by atomic mass is 9.89. The minimum atomic E-state index is -0.264. The van der Waals surface area contributed by atoms with Crippen molar-refractivity contribution in [2.45, 2.75) is 32.7 Å². The van der Waals surface area contributed by atoms with Crippen LogP contribution in [-0.4, -0.2) is 15.9 Å². The Bertz CT molecular complexity index is 617. The van der Waals surface area contributed by atoms with Gasteiger partial charge in [0.05, 0.1) is 5.69 Å². The maximum atomic E-state index is 11.9. The number of amides is 1. The smallest absolute Gasteiger partial charge is 0.287 e. The van der Waals surface area contributed by atoms with Crippen molar-refractivity contribution in [3.05, 3.63) is 46.3 Å². The summed E-state index contributed by atoms with van der Waals surface area (Å²) in [6, 6.07) is 3.30. The Balaban J connectivity index is 2.10. The maximum absolute atomic E-state index is 11.9. The number of nitrogens with zero attached hydrogens (tertiary/aromatic N) is 2. The minimum absolute atomic E-state index is 0.100. The molecule has 0 bridgehead atoms. The van der Waals surface area contributed by atoms with Crippen LogP contribution in [0.3, 0.4) is 0 Å². The lowest BCUT2D eigenvalue weighted by Gasteiger charge is -2.20. The zero-order valence-electron chi connectivity index (χ0n) is 11.6. The first-order valence-electron chi connectivity index (χ1n) is 6.21. The molecule has 2 aromatic heterocycles. The number of rotatable bonds is 3. The fourth-order valence-electron chi connectivity index (χ4n) is 1.86. The number of carbonyl (C=O) groups is 1. The highest BCUT2D eigenvalue weighted by molar-refractivity contribution is 9.10. The number of carbonyl (C=O) groups excluding carboxylic acids is 1. The molecule has 0 spiro atoms. The minimum Gasteiger partial charge on any atom is -0.444 e. The van der Waals surface area contributed by atoms with Gasteiger partial charge in [-0.05, 0) is 28.1 Å². The molecule has 1 N–H and O–H groups in total. The predicted octanol–water partition coefficient (Wildman–Crippen LogP) is 3.06. The van der Waals surface area contributed by atoms with Gasteiger partial charge in [0, 0.05) is 23.7 Å². The second-order valence-electron chi connectivity index (χ2n) is 5.43. The molecule has 0 fully saturated rings. The van der Waals surface area contributed by atoms with Crippen LogP contribution in [0, 0.1) is 0 Å². The topological polar surface area (TPSA) is 68.0 Å². The second-order valence-corrected chi connectivity index (χ2v) is 6.21. The Morgan fingerprint density at radius 3 is 2.75 bits per heavy atom. The van der Waals surface area contributed by atoms with Crippen LogP contribution in [0.2, 0.25) is 0 Å². The summed E-state index contributed by atoms with van der Waals surface area (Å²) >= 11 is 3.17. The fraction of sp³-hybridized carbons (Fsp3) is 0.357. The molecule has 5 nitrogen and oxygen atoms in total. The standard InChI is InChI=1S/C14H16BrN3O2/c1-14(2,3)12-9(6-16-8-18-12)7-17-13(19)10-4-5-11(15)20-10/h4-6,8H,7H2,1-3H3,(H,17,19). The SMILES string of the molecule is CC(C)(C)c1ncncc1CNC(=O)c1ccc(Br)o1. The molecule has 0 aliphatic carbocycles. The fourth-order valence-corrected chi connectivity index (χ4v) is 2.17. The van der Waals surface area contributed by atoms with Gasteiger partial charge in [-0.25, -0.2) is 9.97 Å². The van der Waals surface area contributed by atoms with E-state index >= 15 is 0 Å². The summed E-state index contributed by atoms with van der Waals surface area (Å²) in [5.41, 5.74) is 1.73.